The van der Waals surface area contributed by atoms with Gasteiger partial charge in [0.2, 0.25) is 4.80 Å². The minimum atomic E-state index is -0.179. The van der Waals surface area contributed by atoms with E-state index in [9.17, 15) is 9.90 Å². The lowest BCUT2D eigenvalue weighted by Crippen LogP contribution is -2.25. The third kappa shape index (κ3) is 4.67. The number of carbonyl (C=O) groups excluding carboxylic acids is 1. The van der Waals surface area contributed by atoms with Gasteiger partial charge in [-0.1, -0.05) is 25.1 Å². The predicted molar refractivity (Wildman–Crippen MR) is 143 cm³/mol. The summed E-state index contributed by atoms with van der Waals surface area (Å²) in [5, 5.41) is 19.7. The van der Waals surface area contributed by atoms with Crippen LogP contribution in [0.15, 0.2) is 76.1 Å². The van der Waals surface area contributed by atoms with Crippen molar-refractivity contribution in [2.24, 2.45) is 10.1 Å². The van der Waals surface area contributed by atoms with E-state index in [4.69, 9.17) is 14.8 Å². The normalized spacial score (nSPS) is 13.8. The van der Waals surface area contributed by atoms with Gasteiger partial charge in [0.1, 0.15) is 11.5 Å². The van der Waals surface area contributed by atoms with E-state index in [1.165, 1.54) is 11.3 Å². The van der Waals surface area contributed by atoms with E-state index in [-0.39, 0.29) is 18.3 Å². The number of amides is 1. The maximum absolute atomic E-state index is 11.9. The summed E-state index contributed by atoms with van der Waals surface area (Å²) >= 11 is 1.50. The van der Waals surface area contributed by atoms with E-state index in [0.717, 1.165) is 44.1 Å². The predicted octanol–water partition coefficient (Wildman–Crippen LogP) is 5.76. The van der Waals surface area contributed by atoms with Crippen molar-refractivity contribution in [3.05, 3.63) is 87.5 Å². The molecular weight excluding hydrogens is 472 g/mol. The molecule has 1 aliphatic heterocycles. The molecule has 36 heavy (non-hydrogen) atoms. The molecule has 0 atom stereocenters. The van der Waals surface area contributed by atoms with Gasteiger partial charge in [-0.05, 0) is 79.4 Å². The highest BCUT2D eigenvalue weighted by Crippen LogP contribution is 2.33. The minimum absolute atomic E-state index is 0.0143. The number of carbonyl (C=O) groups is 1. The van der Waals surface area contributed by atoms with Crippen molar-refractivity contribution in [2.45, 2.75) is 27.2 Å². The molecular formula is C28H26N4O3S. The number of rotatable bonds is 5. The number of benzene rings is 3. The molecule has 4 aromatic rings. The van der Waals surface area contributed by atoms with E-state index in [1.54, 1.807) is 12.1 Å². The standard InChI is InChI=1S/C28H26N4O3S/c1-4-22(19-8-11-21(33)12-9-19)31-32-24(20-10-13-25-23(14-20)29-26(34)15-35-25)16-36-28(32)30-27-17(2)6-5-7-18(27)3/h5-14,16,33H,4,15H2,1-3H3,(H,29,34). The molecule has 2 heterocycles. The van der Waals surface area contributed by atoms with Crippen LogP contribution in [0.2, 0.25) is 0 Å². The first-order valence-corrected chi connectivity index (χ1v) is 12.6. The number of hydrogen-bond donors (Lipinski definition) is 2. The van der Waals surface area contributed by atoms with Gasteiger partial charge < -0.3 is 15.2 Å². The molecule has 8 heteroatoms. The first-order valence-electron chi connectivity index (χ1n) is 11.7. The van der Waals surface area contributed by atoms with Crippen LogP contribution in [0, 0.1) is 13.8 Å². The topological polar surface area (TPSA) is 88.2 Å². The molecule has 7 nitrogen and oxygen atoms in total. The number of aryl methyl sites for hydroxylation is 2. The number of para-hydroxylation sites is 1. The first kappa shape index (κ1) is 23.6. The number of phenolic OH excluding ortho intramolecular Hbond substituents is 1. The Morgan fingerprint density at radius 1 is 1.11 bits per heavy atom. The zero-order valence-corrected chi connectivity index (χ0v) is 21.1. The summed E-state index contributed by atoms with van der Waals surface area (Å²) in [6.07, 6.45) is 0.685. The number of phenols is 1. The van der Waals surface area contributed by atoms with Crippen LogP contribution in [0.3, 0.4) is 0 Å². The maximum Gasteiger partial charge on any atom is 0.262 e. The number of nitrogens with zero attached hydrogens (tertiary/aromatic N) is 3. The quantitative estimate of drug-likeness (QED) is 0.343. The van der Waals surface area contributed by atoms with Crippen LogP contribution < -0.4 is 14.9 Å². The molecule has 0 saturated heterocycles. The third-order valence-electron chi connectivity index (χ3n) is 6.00. The molecule has 0 unspecified atom stereocenters. The highest BCUT2D eigenvalue weighted by Gasteiger charge is 2.18. The number of fused-ring (bicyclic) bond motifs is 1. The van der Waals surface area contributed by atoms with E-state index in [1.807, 2.05) is 79.4 Å². The van der Waals surface area contributed by atoms with E-state index in [0.29, 0.717) is 17.9 Å². The number of aromatic hydroxyl groups is 1. The molecule has 0 fully saturated rings. The largest absolute Gasteiger partial charge is 0.508 e. The summed E-state index contributed by atoms with van der Waals surface area (Å²) in [5.41, 5.74) is 7.22. The number of hydrogen-bond acceptors (Lipinski definition) is 6. The second kappa shape index (κ2) is 9.83. The lowest BCUT2D eigenvalue weighted by atomic mass is 10.1. The number of anilines is 1. The number of aromatic nitrogens is 1. The molecule has 1 aliphatic rings. The van der Waals surface area contributed by atoms with Crippen molar-refractivity contribution >= 4 is 34.3 Å². The van der Waals surface area contributed by atoms with Crippen LogP contribution in [-0.4, -0.2) is 28.0 Å². The van der Waals surface area contributed by atoms with Gasteiger partial charge in [-0.15, -0.1) is 11.3 Å². The molecule has 1 amide bonds. The molecule has 182 valence electrons. The molecule has 0 aliphatic carbocycles. The highest BCUT2D eigenvalue weighted by molar-refractivity contribution is 7.07. The fraction of sp³-hybridized carbons (Fsp3) is 0.179. The van der Waals surface area contributed by atoms with Gasteiger partial charge in [-0.25, -0.2) is 9.67 Å². The summed E-state index contributed by atoms with van der Waals surface area (Å²) in [4.78, 5) is 17.6. The Labute approximate surface area is 213 Å². The van der Waals surface area contributed by atoms with Crippen LogP contribution in [0.25, 0.3) is 11.3 Å². The van der Waals surface area contributed by atoms with Crippen LogP contribution in [0.5, 0.6) is 11.5 Å². The van der Waals surface area contributed by atoms with E-state index >= 15 is 0 Å². The average molecular weight is 499 g/mol. The first-order chi connectivity index (χ1) is 17.4. The van der Waals surface area contributed by atoms with Gasteiger partial charge >= 0.3 is 0 Å². The van der Waals surface area contributed by atoms with Gasteiger partial charge in [-0.3, -0.25) is 4.79 Å². The summed E-state index contributed by atoms with van der Waals surface area (Å²) in [6, 6.07) is 18.9. The van der Waals surface area contributed by atoms with Crippen LogP contribution in [0.1, 0.15) is 30.0 Å². The SMILES string of the molecule is CCC(=Nn1c(-c2ccc3c(c2)NC(=O)CO3)csc1=Nc1c(C)cccc1C)c1ccc(O)cc1. The zero-order valence-electron chi connectivity index (χ0n) is 20.3. The van der Waals surface area contributed by atoms with Gasteiger partial charge in [0.15, 0.2) is 6.61 Å². The molecule has 0 bridgehead atoms. The molecule has 2 N–H and O–H groups in total. The maximum atomic E-state index is 11.9. The van der Waals surface area contributed by atoms with Crippen LogP contribution in [-0.2, 0) is 4.79 Å². The fourth-order valence-electron chi connectivity index (χ4n) is 4.10. The summed E-state index contributed by atoms with van der Waals surface area (Å²) < 4.78 is 7.39. The Balaban J connectivity index is 1.71. The van der Waals surface area contributed by atoms with Crippen molar-refractivity contribution in [2.75, 3.05) is 11.9 Å². The van der Waals surface area contributed by atoms with Crippen molar-refractivity contribution in [1.82, 2.24) is 4.68 Å². The fourth-order valence-corrected chi connectivity index (χ4v) is 4.94. The average Bonchev–Trinajstić information content (AvgIpc) is 3.27. The van der Waals surface area contributed by atoms with Gasteiger partial charge in [0.25, 0.3) is 5.91 Å². The Morgan fingerprint density at radius 3 is 2.58 bits per heavy atom. The van der Waals surface area contributed by atoms with Crippen molar-refractivity contribution in [3.8, 4) is 22.8 Å². The summed E-state index contributed by atoms with van der Waals surface area (Å²) in [5.74, 6) is 0.673. The lowest BCUT2D eigenvalue weighted by molar-refractivity contribution is -0.118. The summed E-state index contributed by atoms with van der Waals surface area (Å²) in [6.45, 7) is 6.16. The highest BCUT2D eigenvalue weighted by atomic mass is 32.1. The summed E-state index contributed by atoms with van der Waals surface area (Å²) in [7, 11) is 0. The monoisotopic (exact) mass is 498 g/mol. The third-order valence-corrected chi connectivity index (χ3v) is 6.81. The van der Waals surface area contributed by atoms with Gasteiger partial charge in [0, 0.05) is 10.9 Å². The number of nitrogens with one attached hydrogen (secondary N) is 1. The number of ether oxygens (including phenoxy) is 1. The van der Waals surface area contributed by atoms with Crippen molar-refractivity contribution in [3.63, 3.8) is 0 Å². The van der Waals surface area contributed by atoms with Gasteiger partial charge in [0.05, 0.1) is 22.8 Å². The second-order valence-electron chi connectivity index (χ2n) is 8.56. The van der Waals surface area contributed by atoms with E-state index in [2.05, 4.69) is 5.32 Å². The molecule has 3 aromatic carbocycles. The second-order valence-corrected chi connectivity index (χ2v) is 9.40. The van der Waals surface area contributed by atoms with Crippen molar-refractivity contribution < 1.29 is 14.6 Å². The van der Waals surface area contributed by atoms with E-state index < -0.39 is 0 Å². The Bertz CT molecular complexity index is 1530. The van der Waals surface area contributed by atoms with Gasteiger partial charge in [-0.2, -0.15) is 5.10 Å². The molecule has 5 rings (SSSR count). The lowest BCUT2D eigenvalue weighted by Gasteiger charge is -2.18. The molecule has 0 radical (unpaired) electrons. The smallest absolute Gasteiger partial charge is 0.262 e. The zero-order chi connectivity index (χ0) is 25.2. The Morgan fingerprint density at radius 2 is 1.86 bits per heavy atom. The number of thiazole rings is 1. The van der Waals surface area contributed by atoms with Crippen LogP contribution >= 0.6 is 11.3 Å². The van der Waals surface area contributed by atoms with Crippen LogP contribution in [0.4, 0.5) is 11.4 Å². The Hall–Kier alpha value is -4.17. The molecule has 1 aromatic heterocycles. The molecule has 0 spiro atoms. The molecule has 0 saturated carbocycles. The van der Waals surface area contributed by atoms with Crippen molar-refractivity contribution in [1.29, 1.82) is 0 Å². The minimum Gasteiger partial charge on any atom is -0.508 e. The Kier molecular flexibility index (Phi) is 6.43.